The number of carbonyl (C=O) groups excluding carboxylic acids is 2. The molecule has 1 aliphatic rings. The van der Waals surface area contributed by atoms with Gasteiger partial charge in [-0.05, 0) is 40.5 Å². The number of hydrogen-bond donors (Lipinski definition) is 2. The first kappa shape index (κ1) is 15.0. The molecular formula is C14H26N2O2. The molecule has 0 spiro atoms. The first-order valence-electron chi connectivity index (χ1n) is 7.02. The molecule has 18 heavy (non-hydrogen) atoms. The molecule has 0 saturated heterocycles. The van der Waals surface area contributed by atoms with E-state index >= 15 is 0 Å². The maximum atomic E-state index is 12.1. The van der Waals surface area contributed by atoms with Crippen molar-refractivity contribution in [3.8, 4) is 0 Å². The number of nitrogens with one attached hydrogen (secondary N) is 2. The van der Waals surface area contributed by atoms with Crippen molar-refractivity contribution in [2.75, 3.05) is 0 Å². The van der Waals surface area contributed by atoms with E-state index in [1.54, 1.807) is 0 Å². The summed E-state index contributed by atoms with van der Waals surface area (Å²) in [6.07, 6.45) is 3.74. The first-order valence-corrected chi connectivity index (χ1v) is 7.02. The fourth-order valence-electron chi connectivity index (χ4n) is 2.54. The maximum absolute atomic E-state index is 12.1. The molecule has 0 bridgehead atoms. The molecule has 1 fully saturated rings. The molecule has 2 atom stereocenters. The Hall–Kier alpha value is -1.06. The summed E-state index contributed by atoms with van der Waals surface area (Å²) in [5, 5.41) is 5.86. The lowest BCUT2D eigenvalue weighted by Gasteiger charge is -2.30. The van der Waals surface area contributed by atoms with Crippen LogP contribution < -0.4 is 10.6 Å². The highest BCUT2D eigenvalue weighted by Gasteiger charge is 2.35. The van der Waals surface area contributed by atoms with E-state index in [1.165, 1.54) is 0 Å². The van der Waals surface area contributed by atoms with Crippen LogP contribution in [0.5, 0.6) is 0 Å². The standard InChI is InChI=1S/C14H26N2O2/c1-9(2)15-13(17)11-7-5-6-8-12(11)14(18)16-10(3)4/h9-12H,5-8H2,1-4H3,(H,15,17)(H,16,18)/t11-,12-/m1/s1. The molecular weight excluding hydrogens is 228 g/mol. The van der Waals surface area contributed by atoms with Gasteiger partial charge >= 0.3 is 0 Å². The zero-order chi connectivity index (χ0) is 13.7. The van der Waals surface area contributed by atoms with Gasteiger partial charge in [0.1, 0.15) is 0 Å². The summed E-state index contributed by atoms with van der Waals surface area (Å²) in [6.45, 7) is 7.79. The number of rotatable bonds is 4. The Balaban J connectivity index is 2.67. The molecule has 1 saturated carbocycles. The summed E-state index contributed by atoms with van der Waals surface area (Å²) in [4.78, 5) is 24.2. The van der Waals surface area contributed by atoms with E-state index in [9.17, 15) is 9.59 Å². The highest BCUT2D eigenvalue weighted by Crippen LogP contribution is 2.30. The SMILES string of the molecule is CC(C)NC(=O)[C@@H]1CCCC[C@H]1C(=O)NC(C)C. The van der Waals surface area contributed by atoms with Gasteiger partial charge in [0.25, 0.3) is 0 Å². The number of hydrogen-bond acceptors (Lipinski definition) is 2. The van der Waals surface area contributed by atoms with Crippen LogP contribution in [0.25, 0.3) is 0 Å². The van der Waals surface area contributed by atoms with Gasteiger partial charge in [-0.15, -0.1) is 0 Å². The number of carbonyl (C=O) groups is 2. The summed E-state index contributed by atoms with van der Waals surface area (Å²) in [5.74, 6) is -0.234. The highest BCUT2D eigenvalue weighted by atomic mass is 16.2. The second-order valence-corrected chi connectivity index (χ2v) is 5.82. The quantitative estimate of drug-likeness (QED) is 0.804. The largest absolute Gasteiger partial charge is 0.354 e. The summed E-state index contributed by atoms with van der Waals surface area (Å²) in [7, 11) is 0. The second kappa shape index (κ2) is 6.76. The summed E-state index contributed by atoms with van der Waals surface area (Å²) in [5.41, 5.74) is 0. The monoisotopic (exact) mass is 254 g/mol. The van der Waals surface area contributed by atoms with Crippen molar-refractivity contribution in [1.82, 2.24) is 10.6 Å². The van der Waals surface area contributed by atoms with E-state index in [0.29, 0.717) is 0 Å². The van der Waals surface area contributed by atoms with Crippen molar-refractivity contribution < 1.29 is 9.59 Å². The zero-order valence-corrected chi connectivity index (χ0v) is 12.0. The van der Waals surface area contributed by atoms with Gasteiger partial charge in [0.2, 0.25) is 11.8 Å². The fourth-order valence-corrected chi connectivity index (χ4v) is 2.54. The number of amides is 2. The van der Waals surface area contributed by atoms with E-state index in [-0.39, 0.29) is 35.7 Å². The van der Waals surface area contributed by atoms with Crippen molar-refractivity contribution in [3.05, 3.63) is 0 Å². The van der Waals surface area contributed by atoms with Crippen LogP contribution in [-0.4, -0.2) is 23.9 Å². The smallest absolute Gasteiger partial charge is 0.224 e. The highest BCUT2D eigenvalue weighted by molar-refractivity contribution is 5.88. The molecule has 4 nitrogen and oxygen atoms in total. The Morgan fingerprint density at radius 2 is 1.17 bits per heavy atom. The van der Waals surface area contributed by atoms with E-state index in [4.69, 9.17) is 0 Å². The van der Waals surface area contributed by atoms with Crippen LogP contribution in [0.4, 0.5) is 0 Å². The van der Waals surface area contributed by atoms with Gasteiger partial charge in [-0.25, -0.2) is 0 Å². The minimum atomic E-state index is -0.153. The normalized spacial score (nSPS) is 24.1. The van der Waals surface area contributed by atoms with Crippen LogP contribution in [0.3, 0.4) is 0 Å². The van der Waals surface area contributed by atoms with Gasteiger partial charge in [-0.2, -0.15) is 0 Å². The van der Waals surface area contributed by atoms with Crippen LogP contribution in [-0.2, 0) is 9.59 Å². The topological polar surface area (TPSA) is 58.2 Å². The molecule has 0 radical (unpaired) electrons. The van der Waals surface area contributed by atoms with Crippen LogP contribution in [0.2, 0.25) is 0 Å². The fraction of sp³-hybridized carbons (Fsp3) is 0.857. The van der Waals surface area contributed by atoms with Gasteiger partial charge in [-0.1, -0.05) is 12.8 Å². The molecule has 0 aromatic heterocycles. The van der Waals surface area contributed by atoms with Crippen molar-refractivity contribution in [1.29, 1.82) is 0 Å². The predicted octanol–water partition coefficient (Wildman–Crippen LogP) is 1.84. The maximum Gasteiger partial charge on any atom is 0.224 e. The lowest BCUT2D eigenvalue weighted by atomic mass is 9.78. The van der Waals surface area contributed by atoms with Crippen molar-refractivity contribution in [2.24, 2.45) is 11.8 Å². The molecule has 2 N–H and O–H groups in total. The lowest BCUT2D eigenvalue weighted by molar-refractivity contribution is -0.137. The Morgan fingerprint density at radius 3 is 1.44 bits per heavy atom. The Labute approximate surface area is 110 Å². The Bertz CT molecular complexity index is 270. The predicted molar refractivity (Wildman–Crippen MR) is 72.0 cm³/mol. The third kappa shape index (κ3) is 4.31. The average molecular weight is 254 g/mol. The van der Waals surface area contributed by atoms with Crippen LogP contribution in [0.15, 0.2) is 0 Å². The van der Waals surface area contributed by atoms with E-state index in [2.05, 4.69) is 10.6 Å². The van der Waals surface area contributed by atoms with Crippen LogP contribution >= 0.6 is 0 Å². The molecule has 0 aliphatic heterocycles. The van der Waals surface area contributed by atoms with E-state index in [0.717, 1.165) is 25.7 Å². The summed E-state index contributed by atoms with van der Waals surface area (Å²) < 4.78 is 0. The molecule has 2 amide bonds. The van der Waals surface area contributed by atoms with Gasteiger partial charge in [0.05, 0.1) is 0 Å². The second-order valence-electron chi connectivity index (χ2n) is 5.82. The Kier molecular flexibility index (Phi) is 5.63. The first-order chi connectivity index (χ1) is 8.41. The van der Waals surface area contributed by atoms with Crippen molar-refractivity contribution >= 4 is 11.8 Å². The molecule has 1 rings (SSSR count). The van der Waals surface area contributed by atoms with Crippen molar-refractivity contribution in [2.45, 2.75) is 65.5 Å². The Morgan fingerprint density at radius 1 is 0.833 bits per heavy atom. The zero-order valence-electron chi connectivity index (χ0n) is 12.0. The molecule has 0 aromatic carbocycles. The lowest BCUT2D eigenvalue weighted by Crippen LogP contribution is -2.46. The van der Waals surface area contributed by atoms with Crippen molar-refractivity contribution in [3.63, 3.8) is 0 Å². The van der Waals surface area contributed by atoms with Gasteiger partial charge < -0.3 is 10.6 Å². The molecule has 0 unspecified atom stereocenters. The minimum Gasteiger partial charge on any atom is -0.354 e. The van der Waals surface area contributed by atoms with E-state index < -0.39 is 0 Å². The van der Waals surface area contributed by atoms with E-state index in [1.807, 2.05) is 27.7 Å². The summed E-state index contributed by atoms with van der Waals surface area (Å²) >= 11 is 0. The molecule has 104 valence electrons. The van der Waals surface area contributed by atoms with Gasteiger partial charge in [-0.3, -0.25) is 9.59 Å². The molecule has 4 heteroatoms. The third-order valence-electron chi connectivity index (χ3n) is 3.30. The van der Waals surface area contributed by atoms with Gasteiger partial charge in [0, 0.05) is 23.9 Å². The minimum absolute atomic E-state index is 0.0357. The third-order valence-corrected chi connectivity index (χ3v) is 3.30. The molecule has 1 aliphatic carbocycles. The molecule has 0 heterocycles. The average Bonchev–Trinajstić information content (AvgIpc) is 2.27. The summed E-state index contributed by atoms with van der Waals surface area (Å²) in [6, 6.07) is 0.265. The molecule has 0 aromatic rings. The van der Waals surface area contributed by atoms with Gasteiger partial charge in [0.15, 0.2) is 0 Å². The van der Waals surface area contributed by atoms with Crippen LogP contribution in [0, 0.1) is 11.8 Å². The van der Waals surface area contributed by atoms with Crippen LogP contribution in [0.1, 0.15) is 53.4 Å².